The molecule has 4 heteroatoms. The van der Waals surface area contributed by atoms with Crippen molar-refractivity contribution in [3.8, 4) is 23.0 Å². The van der Waals surface area contributed by atoms with Gasteiger partial charge in [-0.05, 0) is 113 Å². The minimum absolute atomic E-state index is 0.0514. The number of rotatable bonds is 6. The van der Waals surface area contributed by atoms with Crippen molar-refractivity contribution in [3.63, 3.8) is 0 Å². The van der Waals surface area contributed by atoms with Crippen LogP contribution in [0.25, 0.3) is 21.9 Å². The lowest BCUT2D eigenvalue weighted by molar-refractivity contribution is -0.138. The van der Waals surface area contributed by atoms with E-state index in [1.54, 1.807) is 13.8 Å². The maximum atomic E-state index is 12.9. The molecule has 3 nitrogen and oxygen atoms in total. The van der Waals surface area contributed by atoms with Gasteiger partial charge in [0.1, 0.15) is 11.9 Å². The summed E-state index contributed by atoms with van der Waals surface area (Å²) < 4.78 is 6.32. The fraction of sp³-hybridized carbons (Fsp3) is 0.375. The van der Waals surface area contributed by atoms with Crippen molar-refractivity contribution in [3.05, 3.63) is 70.2 Å². The van der Waals surface area contributed by atoms with Crippen LogP contribution >= 0.6 is 11.6 Å². The molecule has 1 atom stereocenters. The zero-order valence-electron chi connectivity index (χ0n) is 22.5. The second-order valence-corrected chi connectivity index (χ2v) is 11.6. The third kappa shape index (κ3) is 6.84. The smallest absolute Gasteiger partial charge is 0.163 e. The van der Waals surface area contributed by atoms with Crippen LogP contribution in [0.3, 0.4) is 0 Å². The average molecular weight is 503 g/mol. The predicted octanol–water partition coefficient (Wildman–Crippen LogP) is 8.27. The van der Waals surface area contributed by atoms with Crippen molar-refractivity contribution >= 4 is 33.9 Å². The quantitative estimate of drug-likeness (QED) is 0.318. The molecular weight excluding hydrogens is 468 g/mol. The monoisotopic (exact) mass is 502 g/mol. The number of hydrogen-bond acceptors (Lipinski definition) is 3. The lowest BCUT2D eigenvalue weighted by Gasteiger charge is -2.29. The van der Waals surface area contributed by atoms with E-state index in [2.05, 4.69) is 30.0 Å². The largest absolute Gasteiger partial charge is 0.360 e. The number of benzene rings is 3. The third-order valence-corrected chi connectivity index (χ3v) is 6.11. The second kappa shape index (κ2) is 10.6. The molecule has 0 fully saturated rings. The van der Waals surface area contributed by atoms with E-state index in [0.717, 1.165) is 38.6 Å². The summed E-state index contributed by atoms with van der Waals surface area (Å²) in [6, 6.07) is 15.9. The summed E-state index contributed by atoms with van der Waals surface area (Å²) in [4.78, 5) is 24.6. The summed E-state index contributed by atoms with van der Waals surface area (Å²) in [6.45, 7) is 15.0. The second-order valence-electron chi connectivity index (χ2n) is 11.2. The Balaban J connectivity index is 2.33. The molecule has 0 aliphatic heterocycles. The van der Waals surface area contributed by atoms with Crippen LogP contribution in [-0.4, -0.2) is 17.2 Å². The Labute approximate surface area is 220 Å². The molecular formula is C32H35ClO3. The lowest BCUT2D eigenvalue weighted by Crippen LogP contribution is -2.27. The average Bonchev–Trinajstić information content (AvgIpc) is 2.74. The summed E-state index contributed by atoms with van der Waals surface area (Å²) in [5, 5.41) is 2.68. The van der Waals surface area contributed by atoms with Crippen molar-refractivity contribution in [2.24, 2.45) is 5.41 Å². The first-order valence-electron chi connectivity index (χ1n) is 12.2. The predicted molar refractivity (Wildman–Crippen MR) is 149 cm³/mol. The Kier molecular flexibility index (Phi) is 8.13. The number of carbonyl (C=O) groups is 2. The lowest BCUT2D eigenvalue weighted by atomic mass is 9.85. The van der Waals surface area contributed by atoms with E-state index in [-0.39, 0.29) is 11.6 Å². The SMILES string of the molecule is CC(=O)CC(C)(C)C#Cc1ccc2cc(C)c(C(OC(C)(C)C)C(C)=O)c(-c3ccc(Cl)cc3)c2c1. The molecule has 36 heavy (non-hydrogen) atoms. The Morgan fingerprint density at radius 3 is 2.17 bits per heavy atom. The fourth-order valence-electron chi connectivity index (χ4n) is 4.50. The number of carbonyl (C=O) groups excluding carboxylic acids is 2. The molecule has 0 aliphatic carbocycles. The van der Waals surface area contributed by atoms with Crippen molar-refractivity contribution in [1.29, 1.82) is 0 Å². The normalized spacial score (nSPS) is 12.7. The molecule has 1 unspecified atom stereocenters. The highest BCUT2D eigenvalue weighted by Crippen LogP contribution is 2.41. The van der Waals surface area contributed by atoms with E-state index in [1.807, 2.05) is 71.9 Å². The van der Waals surface area contributed by atoms with E-state index >= 15 is 0 Å². The van der Waals surface area contributed by atoms with Crippen LogP contribution in [0.1, 0.15) is 77.7 Å². The summed E-state index contributed by atoms with van der Waals surface area (Å²) >= 11 is 6.21. The highest BCUT2D eigenvalue weighted by Gasteiger charge is 2.29. The van der Waals surface area contributed by atoms with Gasteiger partial charge in [0, 0.05) is 22.4 Å². The van der Waals surface area contributed by atoms with E-state index in [0.29, 0.717) is 11.4 Å². The van der Waals surface area contributed by atoms with Gasteiger partial charge in [-0.15, -0.1) is 0 Å². The molecule has 0 N–H and O–H groups in total. The topological polar surface area (TPSA) is 43.4 Å². The minimum Gasteiger partial charge on any atom is -0.360 e. The van der Waals surface area contributed by atoms with Gasteiger partial charge in [0.2, 0.25) is 0 Å². The Morgan fingerprint density at radius 1 is 0.972 bits per heavy atom. The van der Waals surface area contributed by atoms with E-state index in [1.165, 1.54) is 0 Å². The number of ketones is 2. The maximum Gasteiger partial charge on any atom is 0.163 e. The molecule has 0 heterocycles. The fourth-order valence-corrected chi connectivity index (χ4v) is 4.63. The molecule has 0 aliphatic rings. The maximum absolute atomic E-state index is 12.9. The van der Waals surface area contributed by atoms with Crippen molar-refractivity contribution < 1.29 is 14.3 Å². The van der Waals surface area contributed by atoms with Crippen molar-refractivity contribution in [2.75, 3.05) is 0 Å². The van der Waals surface area contributed by atoms with Gasteiger partial charge in [0.25, 0.3) is 0 Å². The van der Waals surface area contributed by atoms with Gasteiger partial charge in [0.15, 0.2) is 5.78 Å². The number of halogens is 1. The van der Waals surface area contributed by atoms with Gasteiger partial charge >= 0.3 is 0 Å². The van der Waals surface area contributed by atoms with Crippen molar-refractivity contribution in [1.82, 2.24) is 0 Å². The zero-order chi connectivity index (χ0) is 26.8. The molecule has 0 aromatic heterocycles. The highest BCUT2D eigenvalue weighted by atomic mass is 35.5. The summed E-state index contributed by atoms with van der Waals surface area (Å²) in [6.07, 6.45) is -0.318. The van der Waals surface area contributed by atoms with Crippen LogP contribution < -0.4 is 0 Å². The number of ether oxygens (including phenoxy) is 1. The number of hydrogen-bond donors (Lipinski definition) is 0. The molecule has 0 spiro atoms. The Hall–Kier alpha value is -2.93. The molecule has 0 saturated heterocycles. The van der Waals surface area contributed by atoms with Crippen LogP contribution in [0.5, 0.6) is 0 Å². The Morgan fingerprint density at radius 2 is 1.61 bits per heavy atom. The first kappa shape index (κ1) is 27.7. The van der Waals surface area contributed by atoms with E-state index in [4.69, 9.17) is 16.3 Å². The zero-order valence-corrected chi connectivity index (χ0v) is 23.3. The summed E-state index contributed by atoms with van der Waals surface area (Å²) in [5.41, 5.74) is 3.66. The van der Waals surface area contributed by atoms with Gasteiger partial charge < -0.3 is 4.74 Å². The van der Waals surface area contributed by atoms with Crippen molar-refractivity contribution in [2.45, 2.75) is 73.5 Å². The van der Waals surface area contributed by atoms with Gasteiger partial charge in [-0.3, -0.25) is 9.59 Å². The van der Waals surface area contributed by atoms with Crippen LogP contribution in [0.15, 0.2) is 48.5 Å². The van der Waals surface area contributed by atoms with Crippen LogP contribution in [-0.2, 0) is 14.3 Å². The highest BCUT2D eigenvalue weighted by molar-refractivity contribution is 6.30. The summed E-state index contributed by atoms with van der Waals surface area (Å²) in [7, 11) is 0. The summed E-state index contributed by atoms with van der Waals surface area (Å²) in [5.74, 6) is 6.61. The first-order chi connectivity index (χ1) is 16.7. The molecule has 188 valence electrons. The molecule has 0 amide bonds. The van der Waals surface area contributed by atoms with Gasteiger partial charge in [-0.1, -0.05) is 47.7 Å². The van der Waals surface area contributed by atoms with Crippen LogP contribution in [0, 0.1) is 24.2 Å². The van der Waals surface area contributed by atoms with Gasteiger partial charge in [0.05, 0.1) is 5.60 Å². The van der Waals surface area contributed by atoms with Gasteiger partial charge in [-0.2, -0.15) is 0 Å². The van der Waals surface area contributed by atoms with E-state index < -0.39 is 17.1 Å². The van der Waals surface area contributed by atoms with Gasteiger partial charge in [-0.25, -0.2) is 0 Å². The molecule has 3 aromatic carbocycles. The van der Waals surface area contributed by atoms with Crippen LogP contribution in [0.2, 0.25) is 5.02 Å². The molecule has 3 aromatic rings. The molecule has 0 bridgehead atoms. The van der Waals surface area contributed by atoms with E-state index in [9.17, 15) is 9.59 Å². The molecule has 0 saturated carbocycles. The number of fused-ring (bicyclic) bond motifs is 1. The first-order valence-corrected chi connectivity index (χ1v) is 12.6. The number of aryl methyl sites for hydroxylation is 1. The molecule has 0 radical (unpaired) electrons. The van der Waals surface area contributed by atoms with Crippen LogP contribution in [0.4, 0.5) is 0 Å². The third-order valence-electron chi connectivity index (χ3n) is 5.86. The standard InChI is InChI=1S/C32H35ClO3/c1-20-17-25-10-9-23(15-16-32(7,8)19-21(2)34)18-27(25)29(24-11-13-26(33)14-12-24)28(20)30(22(3)35)36-31(4,5)6/h9-14,17-18,30H,19H2,1-8H3. The minimum atomic E-state index is -0.718. The molecule has 3 rings (SSSR count). The Bertz CT molecular complexity index is 1360. The number of Topliss-reactive ketones (excluding diaryl/α,β-unsaturated/α-hetero) is 2.